The molecule has 0 aliphatic carbocycles. The Labute approximate surface area is 668 Å². The summed E-state index contributed by atoms with van der Waals surface area (Å²) in [5.74, 6) is -0.626. The van der Waals surface area contributed by atoms with Gasteiger partial charge in [-0.05, 0) is 138 Å². The van der Waals surface area contributed by atoms with Crippen LogP contribution in [0.15, 0.2) is 379 Å². The first-order valence-corrected chi connectivity index (χ1v) is 44.2. The van der Waals surface area contributed by atoms with Crippen LogP contribution in [0.4, 0.5) is 0 Å². The van der Waals surface area contributed by atoms with Crippen molar-refractivity contribution in [2.75, 3.05) is 50.6 Å². The van der Waals surface area contributed by atoms with Gasteiger partial charge in [0.25, 0.3) is 0 Å². The summed E-state index contributed by atoms with van der Waals surface area (Å²) in [6.07, 6.45) is 7.96. The van der Waals surface area contributed by atoms with Crippen LogP contribution in [0.5, 0.6) is 0 Å². The minimum absolute atomic E-state index is 0.0735. The zero-order chi connectivity index (χ0) is 79.0. The molecule has 0 spiro atoms. The molecule has 4 fully saturated rings. The fourth-order valence-corrected chi connectivity index (χ4v) is 20.5. The molecule has 0 unspecified atom stereocenters. The van der Waals surface area contributed by atoms with E-state index >= 15 is 0 Å². The Morgan fingerprint density at radius 2 is 0.531 bits per heavy atom. The van der Waals surface area contributed by atoms with Crippen molar-refractivity contribution >= 4 is 35.8 Å². The van der Waals surface area contributed by atoms with Gasteiger partial charge in [-0.2, -0.15) is 0 Å². The summed E-state index contributed by atoms with van der Waals surface area (Å²) in [6, 6.07) is 118. The van der Waals surface area contributed by atoms with Gasteiger partial charge < -0.3 is 19.7 Å². The Balaban J connectivity index is 0.000000145. The lowest BCUT2D eigenvalue weighted by Crippen LogP contribution is -2.54. The Morgan fingerprint density at radius 3 is 0.743 bits per heavy atom. The third kappa shape index (κ3) is 19.1. The van der Waals surface area contributed by atoms with E-state index in [1.54, 1.807) is 91.0 Å². The lowest BCUT2D eigenvalue weighted by molar-refractivity contribution is -0.112. The third-order valence-corrected chi connectivity index (χ3v) is 26.6. The van der Waals surface area contributed by atoms with Crippen molar-refractivity contribution in [3.8, 4) is 0 Å². The molecule has 5 atom stereocenters. The normalized spacial score (nSPS) is 17.4. The van der Waals surface area contributed by atoms with Gasteiger partial charge in [-0.3, -0.25) is 14.7 Å². The molecule has 0 bridgehead atoms. The van der Waals surface area contributed by atoms with Gasteiger partial charge >= 0.3 is 0 Å². The molecule has 4 heterocycles. The van der Waals surface area contributed by atoms with E-state index in [0.29, 0.717) is 4.90 Å². The molecule has 2 N–H and O–H groups in total. The highest BCUT2D eigenvalue weighted by Gasteiger charge is 2.52. The third-order valence-electron chi connectivity index (χ3n) is 21.9. The molecule has 0 saturated carbocycles. The Hall–Kier alpha value is -10.1. The van der Waals surface area contributed by atoms with Crippen molar-refractivity contribution in [1.82, 2.24) is 14.7 Å². The van der Waals surface area contributed by atoms with Crippen LogP contribution in [0.1, 0.15) is 101 Å². The second kappa shape index (κ2) is 39.1. The largest absolute Gasteiger partial charge is 0.390 e. The minimum Gasteiger partial charge on any atom is -0.390 e. The molecule has 113 heavy (non-hydrogen) atoms. The van der Waals surface area contributed by atoms with Crippen molar-refractivity contribution < 1.29 is 45.0 Å². The molecule has 0 aromatic heterocycles. The van der Waals surface area contributed by atoms with Gasteiger partial charge in [0.2, 0.25) is 0 Å². The second-order valence-electron chi connectivity index (χ2n) is 29.0. The highest BCUT2D eigenvalue weighted by atomic mass is 32.2. The second-order valence-corrected chi connectivity index (χ2v) is 35.1. The monoisotopic (exact) mass is 1560 g/mol. The number of rotatable bonds is 22. The van der Waals surface area contributed by atoms with E-state index in [2.05, 4.69) is 160 Å². The van der Waals surface area contributed by atoms with Crippen LogP contribution in [0, 0.1) is 0 Å². The number of sulfone groups is 3. The minimum atomic E-state index is -3.64. The van der Waals surface area contributed by atoms with Crippen LogP contribution in [-0.4, -0.2) is 137 Å². The number of nitrogens with zero attached hydrogens (tertiary/aromatic N) is 3. The molecule has 4 saturated heterocycles. The Morgan fingerprint density at radius 1 is 0.319 bits per heavy atom. The number of hydrogen-bond donors (Lipinski definition) is 2. The Bertz CT molecular complexity index is 4680. The SMILES string of the molecule is C1CCOC1.CS(=O)(=O)c1ccccc1.O=C[C@@H]1CCCN1C(c1ccccc1)(c1ccccc1)c1ccccc1.O=S(=O)(C[C@@H](O)[C@@H]1CCCN1C(c1ccccc1)(c1ccccc1)c1ccccc1)c1ccccc1.O=S(=O)(C[C@H](O)[C@@H]1CCCN1C(c1ccccc1)(c1ccccc1)c1ccccc1)c1ccccc1. The number of benzene rings is 12. The van der Waals surface area contributed by atoms with Gasteiger partial charge in [-0.25, -0.2) is 25.3 Å². The summed E-state index contributed by atoms with van der Waals surface area (Å²) in [5, 5.41) is 23.0. The average molecular weight is 1570 g/mol. The van der Waals surface area contributed by atoms with Gasteiger partial charge in [0, 0.05) is 51.2 Å². The summed E-state index contributed by atoms with van der Waals surface area (Å²) in [5.41, 5.74) is 8.32. The van der Waals surface area contributed by atoms with Crippen molar-refractivity contribution in [3.63, 3.8) is 0 Å². The number of likely N-dealkylation sites (tertiary alicyclic amines) is 3. The smallest absolute Gasteiger partial charge is 0.180 e. The van der Waals surface area contributed by atoms with Crippen molar-refractivity contribution in [2.45, 2.75) is 113 Å². The van der Waals surface area contributed by atoms with Gasteiger partial charge in [-0.1, -0.05) is 328 Å². The maximum absolute atomic E-state index is 13.2. The van der Waals surface area contributed by atoms with E-state index < -0.39 is 58.3 Å². The van der Waals surface area contributed by atoms with Gasteiger partial charge in [0.15, 0.2) is 29.5 Å². The molecule has 16 heteroatoms. The van der Waals surface area contributed by atoms with E-state index in [-0.39, 0.29) is 39.4 Å². The van der Waals surface area contributed by atoms with Gasteiger partial charge in [0.05, 0.1) is 61.1 Å². The first-order valence-electron chi connectivity index (χ1n) is 39.0. The molecule has 0 radical (unpaired) electrons. The van der Waals surface area contributed by atoms with Crippen LogP contribution in [0.25, 0.3) is 0 Å². The fourth-order valence-electron chi connectivity index (χ4n) is 17.0. The predicted octanol–water partition coefficient (Wildman–Crippen LogP) is 17.1. The number of carbonyl (C=O) groups is 1. The van der Waals surface area contributed by atoms with Crippen LogP contribution < -0.4 is 0 Å². The van der Waals surface area contributed by atoms with Crippen LogP contribution in [-0.2, 0) is 55.7 Å². The van der Waals surface area contributed by atoms with E-state index in [9.17, 15) is 40.3 Å². The van der Waals surface area contributed by atoms with Gasteiger partial charge in [-0.15, -0.1) is 0 Å². The zero-order valence-corrected chi connectivity index (χ0v) is 66.4. The number of ether oxygens (including phenoxy) is 1. The van der Waals surface area contributed by atoms with Crippen LogP contribution >= 0.6 is 0 Å². The number of aliphatic hydroxyl groups excluding tert-OH is 2. The van der Waals surface area contributed by atoms with E-state index in [4.69, 9.17) is 4.74 Å². The summed E-state index contributed by atoms with van der Waals surface area (Å²) >= 11 is 0. The quantitative estimate of drug-likeness (QED) is 0.0484. The number of carbonyl (C=O) groups excluding carboxylic acids is 1. The summed E-state index contributed by atoms with van der Waals surface area (Å²) in [4.78, 5) is 19.8. The average Bonchev–Trinajstić information content (AvgIpc) is 1.73. The van der Waals surface area contributed by atoms with Gasteiger partial charge in [0.1, 0.15) is 6.29 Å². The Kier molecular flexibility index (Phi) is 28.5. The molecule has 4 aliphatic rings. The summed E-state index contributed by atoms with van der Waals surface area (Å²) < 4.78 is 79.4. The van der Waals surface area contributed by atoms with Crippen molar-refractivity contribution in [1.29, 1.82) is 0 Å². The maximum atomic E-state index is 13.2. The van der Waals surface area contributed by atoms with Crippen LogP contribution in [0.2, 0.25) is 0 Å². The van der Waals surface area contributed by atoms with Crippen molar-refractivity contribution in [2.24, 2.45) is 0 Å². The highest BCUT2D eigenvalue weighted by molar-refractivity contribution is 7.91. The number of aldehydes is 1. The van der Waals surface area contributed by atoms with Crippen molar-refractivity contribution in [3.05, 3.63) is 414 Å². The molecule has 4 aliphatic heterocycles. The van der Waals surface area contributed by atoms with E-state index in [1.807, 2.05) is 127 Å². The molecule has 0 amide bonds. The lowest BCUT2D eigenvalue weighted by atomic mass is 9.75. The predicted molar refractivity (Wildman–Crippen MR) is 451 cm³/mol. The highest BCUT2D eigenvalue weighted by Crippen LogP contribution is 2.50. The molecule has 16 rings (SSSR count). The lowest BCUT2D eigenvalue weighted by Gasteiger charge is -2.47. The molecule has 12 aromatic carbocycles. The molecular weight excluding hydrogens is 1460 g/mol. The maximum Gasteiger partial charge on any atom is 0.180 e. The summed E-state index contributed by atoms with van der Waals surface area (Å²) in [7, 11) is -10.3. The van der Waals surface area contributed by atoms with E-state index in [0.717, 1.165) is 111 Å². The van der Waals surface area contributed by atoms with E-state index in [1.165, 1.54) is 35.8 Å². The fraction of sp³-hybridized carbons (Fsp3) is 0.247. The number of hydrogen-bond acceptors (Lipinski definition) is 13. The molecule has 12 aromatic rings. The van der Waals surface area contributed by atoms with Crippen LogP contribution in [0.3, 0.4) is 0 Å². The molecule has 582 valence electrons. The summed E-state index contributed by atoms with van der Waals surface area (Å²) in [6.45, 7) is 4.39. The molecular formula is C97H101N3O10S3. The topological polar surface area (TPSA) is 179 Å². The standard InChI is InChI=1S/2C31H31NO3S.C24H23NO.C7H8O2S.C4H8O/c2*33-30(24-36(34,35)28-20-11-4-12-21-28)29-22-13-23-32(29)31(25-14-5-1-6-15-25,26-16-7-2-8-17-26)27-18-9-3-10-19-27;26-19-23-17-10-18-25(23)24(20-11-4-1-5-12-20,21-13-6-2-7-14-21)22-15-8-3-9-16-22;1-10(8,9)7-5-3-2-4-6-7;1-2-4-5-3-1/h2*1-12,14-21,29-30,33H,13,22-24H2;1-9,11-16,19,23H,10,17-18H2;2-6H,1H3;1-4H2/t29-,30+;29-,30-;23-;;/m000../s1. The zero-order valence-electron chi connectivity index (χ0n) is 63.9. The first-order chi connectivity index (χ1) is 55.0. The first kappa shape index (κ1) is 82.4. The molecule has 13 nitrogen and oxygen atoms in total. The number of aliphatic hydroxyl groups is 2.